The van der Waals surface area contributed by atoms with Crippen molar-refractivity contribution in [3.63, 3.8) is 0 Å². The van der Waals surface area contributed by atoms with Gasteiger partial charge in [0.25, 0.3) is 0 Å². The van der Waals surface area contributed by atoms with Crippen LogP contribution in [0.2, 0.25) is 0 Å². The minimum absolute atomic E-state index is 0.553. The Labute approximate surface area is 59.3 Å². The van der Waals surface area contributed by atoms with E-state index in [1.165, 1.54) is 5.70 Å². The summed E-state index contributed by atoms with van der Waals surface area (Å²) >= 11 is 5.92. The van der Waals surface area contributed by atoms with Crippen LogP contribution >= 0.6 is 24.4 Å². The van der Waals surface area contributed by atoms with E-state index in [1.807, 2.05) is 11.8 Å². The first-order valence-electron chi connectivity index (χ1n) is 2.55. The molecule has 1 unspecified atom stereocenters. The fraction of sp³-hybridized carbons (Fsp3) is 0.600. The third kappa shape index (κ3) is 1.36. The van der Waals surface area contributed by atoms with Gasteiger partial charge in [-0.15, -0.1) is 11.8 Å². The summed E-state index contributed by atoms with van der Waals surface area (Å²) in [5, 5.41) is 5.93. The summed E-state index contributed by atoms with van der Waals surface area (Å²) in [7, 11) is 0. The molecule has 0 saturated heterocycles. The van der Waals surface area contributed by atoms with Crippen LogP contribution in [0, 0.1) is 0 Å². The third-order valence-electron chi connectivity index (χ3n) is 0.973. The summed E-state index contributed by atoms with van der Waals surface area (Å²) in [5.41, 5.74) is 1.24. The third-order valence-corrected chi connectivity index (χ3v) is 2.26. The highest BCUT2D eigenvalue weighted by Gasteiger charge is 2.08. The molecule has 1 rings (SSSR count). The van der Waals surface area contributed by atoms with Crippen molar-refractivity contribution >= 4 is 24.4 Å². The molecule has 8 heavy (non-hydrogen) atoms. The van der Waals surface area contributed by atoms with Gasteiger partial charge in [0.1, 0.15) is 0 Å². The van der Waals surface area contributed by atoms with Crippen LogP contribution in [0.4, 0.5) is 0 Å². The molecule has 0 aromatic carbocycles. The lowest BCUT2D eigenvalue weighted by atomic mass is 10.5. The van der Waals surface area contributed by atoms with Gasteiger partial charge in [-0.2, -0.15) is 12.6 Å². The minimum Gasteiger partial charge on any atom is -0.375 e. The molecule has 0 saturated carbocycles. The van der Waals surface area contributed by atoms with E-state index in [9.17, 15) is 0 Å². The van der Waals surface area contributed by atoms with Crippen LogP contribution in [-0.4, -0.2) is 11.1 Å². The predicted molar refractivity (Wildman–Crippen MR) is 42.1 cm³/mol. The molecule has 1 aliphatic rings. The Morgan fingerprint density at radius 2 is 2.75 bits per heavy atom. The number of rotatable bonds is 1. The summed E-state index contributed by atoms with van der Waals surface area (Å²) < 4.78 is 0. The normalized spacial score (nSPS) is 27.2. The van der Waals surface area contributed by atoms with Crippen molar-refractivity contribution in [1.82, 2.24) is 5.32 Å². The second-order valence-corrected chi connectivity index (χ2v) is 3.26. The number of nitrogens with one attached hydrogen (secondary N) is 1. The average molecular weight is 147 g/mol. The minimum atomic E-state index is 0.553. The number of hydrogen-bond donors (Lipinski definition) is 2. The van der Waals surface area contributed by atoms with Crippen molar-refractivity contribution in [2.24, 2.45) is 0 Å². The van der Waals surface area contributed by atoms with Crippen LogP contribution in [0.15, 0.2) is 11.1 Å². The van der Waals surface area contributed by atoms with Crippen LogP contribution in [0.1, 0.15) is 6.92 Å². The van der Waals surface area contributed by atoms with Crippen LogP contribution in [0.5, 0.6) is 0 Å². The zero-order chi connectivity index (χ0) is 5.98. The Hall–Kier alpha value is 0.240. The zero-order valence-electron chi connectivity index (χ0n) is 4.72. The maximum Gasteiger partial charge on any atom is 0.0732 e. The highest BCUT2D eigenvalue weighted by molar-refractivity contribution is 8.02. The van der Waals surface area contributed by atoms with Crippen molar-refractivity contribution in [1.29, 1.82) is 0 Å². The van der Waals surface area contributed by atoms with Crippen LogP contribution < -0.4 is 5.32 Å². The van der Waals surface area contributed by atoms with Gasteiger partial charge >= 0.3 is 0 Å². The quantitative estimate of drug-likeness (QED) is 0.544. The molecule has 1 nitrogen and oxygen atoms in total. The molecular weight excluding hydrogens is 138 g/mol. The molecule has 1 N–H and O–H groups in total. The van der Waals surface area contributed by atoms with Crippen molar-refractivity contribution in [2.45, 2.75) is 12.3 Å². The Kier molecular flexibility index (Phi) is 2.14. The summed E-state index contributed by atoms with van der Waals surface area (Å²) in [4.78, 5) is 0. The summed E-state index contributed by atoms with van der Waals surface area (Å²) in [5.74, 6) is 0.831. The van der Waals surface area contributed by atoms with Gasteiger partial charge in [-0.3, -0.25) is 0 Å². The van der Waals surface area contributed by atoms with E-state index in [-0.39, 0.29) is 0 Å². The molecule has 46 valence electrons. The number of thioether (sulfide) groups is 1. The van der Waals surface area contributed by atoms with E-state index < -0.39 is 0 Å². The number of thiol groups is 1. The average Bonchev–Trinajstić information content (AvgIpc) is 2.14. The van der Waals surface area contributed by atoms with E-state index in [0.717, 1.165) is 5.75 Å². The molecule has 0 spiro atoms. The fourth-order valence-corrected chi connectivity index (χ4v) is 1.64. The molecule has 0 aliphatic carbocycles. The Balaban J connectivity index is 2.37. The lowest BCUT2D eigenvalue weighted by Gasteiger charge is -2.02. The smallest absolute Gasteiger partial charge is 0.0732 e. The molecule has 0 fully saturated rings. The molecule has 0 radical (unpaired) electrons. The van der Waals surface area contributed by atoms with Gasteiger partial charge in [0.15, 0.2) is 0 Å². The van der Waals surface area contributed by atoms with Gasteiger partial charge in [-0.05, 0) is 12.3 Å². The Bertz CT molecular complexity index is 111. The Morgan fingerprint density at radius 1 is 2.00 bits per heavy atom. The molecule has 0 aromatic rings. The first kappa shape index (κ1) is 6.36. The van der Waals surface area contributed by atoms with Gasteiger partial charge < -0.3 is 5.32 Å². The first-order chi connectivity index (χ1) is 3.83. The van der Waals surface area contributed by atoms with E-state index in [1.54, 1.807) is 0 Å². The lowest BCUT2D eigenvalue weighted by Crippen LogP contribution is -2.16. The molecule has 3 heteroatoms. The van der Waals surface area contributed by atoms with Crippen molar-refractivity contribution in [3.8, 4) is 0 Å². The van der Waals surface area contributed by atoms with Gasteiger partial charge in [0.2, 0.25) is 0 Å². The maximum atomic E-state index is 4.11. The van der Waals surface area contributed by atoms with E-state index in [4.69, 9.17) is 0 Å². The standard InChI is InChI=1S/C5H9NS2/c1-4-6-5(2-7)3-8-4/h3-4,6-7H,2H2,1H3. The van der Waals surface area contributed by atoms with Gasteiger partial charge in [0.05, 0.1) is 5.37 Å². The summed E-state index contributed by atoms with van der Waals surface area (Å²) in [6.07, 6.45) is 0. The topological polar surface area (TPSA) is 12.0 Å². The molecule has 0 aromatic heterocycles. The molecule has 0 bridgehead atoms. The largest absolute Gasteiger partial charge is 0.375 e. The van der Waals surface area contributed by atoms with Gasteiger partial charge in [-0.25, -0.2) is 0 Å². The highest BCUT2D eigenvalue weighted by atomic mass is 32.2. The van der Waals surface area contributed by atoms with E-state index in [0.29, 0.717) is 5.37 Å². The summed E-state index contributed by atoms with van der Waals surface area (Å²) in [6.45, 7) is 2.14. The lowest BCUT2D eigenvalue weighted by molar-refractivity contribution is 0.825. The highest BCUT2D eigenvalue weighted by Crippen LogP contribution is 2.19. The maximum absolute atomic E-state index is 4.11. The van der Waals surface area contributed by atoms with Gasteiger partial charge in [-0.1, -0.05) is 0 Å². The molecular formula is C5H9NS2. The van der Waals surface area contributed by atoms with Gasteiger partial charge in [0, 0.05) is 11.4 Å². The van der Waals surface area contributed by atoms with Crippen LogP contribution in [0.25, 0.3) is 0 Å². The molecule has 1 aliphatic heterocycles. The van der Waals surface area contributed by atoms with E-state index >= 15 is 0 Å². The second kappa shape index (κ2) is 2.69. The van der Waals surface area contributed by atoms with E-state index in [2.05, 4.69) is 30.3 Å². The first-order valence-corrected chi connectivity index (χ1v) is 4.12. The van der Waals surface area contributed by atoms with Crippen LogP contribution in [0.3, 0.4) is 0 Å². The number of hydrogen-bond acceptors (Lipinski definition) is 3. The predicted octanol–water partition coefficient (Wildman–Crippen LogP) is 1.44. The van der Waals surface area contributed by atoms with Crippen molar-refractivity contribution in [3.05, 3.63) is 11.1 Å². The Morgan fingerprint density at radius 3 is 3.00 bits per heavy atom. The fourth-order valence-electron chi connectivity index (χ4n) is 0.596. The van der Waals surface area contributed by atoms with Crippen LogP contribution in [-0.2, 0) is 0 Å². The molecule has 1 heterocycles. The molecule has 1 atom stereocenters. The summed E-state index contributed by atoms with van der Waals surface area (Å²) in [6, 6.07) is 0. The van der Waals surface area contributed by atoms with Crippen molar-refractivity contribution in [2.75, 3.05) is 5.75 Å². The zero-order valence-corrected chi connectivity index (χ0v) is 6.43. The SMILES string of the molecule is CC1NC(CS)=CS1. The second-order valence-electron chi connectivity index (χ2n) is 1.72. The molecule has 0 amide bonds. The monoisotopic (exact) mass is 147 g/mol. The van der Waals surface area contributed by atoms with Crippen molar-refractivity contribution < 1.29 is 0 Å².